The highest BCUT2D eigenvalue weighted by Gasteiger charge is 2.21. The lowest BCUT2D eigenvalue weighted by Gasteiger charge is -2.11. The fourth-order valence-electron chi connectivity index (χ4n) is 2.69. The first kappa shape index (κ1) is 21.0. The van der Waals surface area contributed by atoms with Crippen molar-refractivity contribution in [3.05, 3.63) is 53.9 Å². The van der Waals surface area contributed by atoms with Crippen LogP contribution in [0.1, 0.15) is 50.9 Å². The number of benzene rings is 2. The lowest BCUT2D eigenvalue weighted by molar-refractivity contribution is 0.102. The smallest absolute Gasteiger partial charge is 0.255 e. The topological polar surface area (TPSA) is 101 Å². The number of aromatic nitrogens is 1. The van der Waals surface area contributed by atoms with Crippen LogP contribution < -0.4 is 10.0 Å². The summed E-state index contributed by atoms with van der Waals surface area (Å²) in [6.07, 6.45) is 0. The molecule has 0 spiro atoms. The normalized spacial score (nSPS) is 12.5. The maximum atomic E-state index is 12.5. The minimum absolute atomic E-state index is 0.112. The van der Waals surface area contributed by atoms with Gasteiger partial charge in [0, 0.05) is 22.7 Å². The van der Waals surface area contributed by atoms with Gasteiger partial charge in [0.25, 0.3) is 5.91 Å². The molecule has 0 aliphatic rings. The van der Waals surface area contributed by atoms with E-state index in [0.717, 1.165) is 0 Å². The molecular formula is C21H25N3O4S. The standard InChI is InChI=1S/C21H25N3O4S/c1-13(2)24-29(26,27)16-9-6-14(7-10-16)19(25)22-15-8-11-18-17(12-15)23-20(28-18)21(3,4)5/h6-13,24H,1-5H3,(H,22,25). The number of nitrogens with one attached hydrogen (secondary N) is 2. The maximum Gasteiger partial charge on any atom is 0.255 e. The van der Waals surface area contributed by atoms with Gasteiger partial charge in [-0.1, -0.05) is 20.8 Å². The quantitative estimate of drug-likeness (QED) is 0.654. The fraction of sp³-hybridized carbons (Fsp3) is 0.333. The number of nitrogens with zero attached hydrogens (tertiary/aromatic N) is 1. The molecule has 1 aromatic heterocycles. The number of carbonyl (C=O) groups excluding carboxylic acids is 1. The van der Waals surface area contributed by atoms with Crippen LogP contribution in [-0.4, -0.2) is 25.4 Å². The predicted molar refractivity (Wildman–Crippen MR) is 113 cm³/mol. The fourth-order valence-corrected chi connectivity index (χ4v) is 3.94. The van der Waals surface area contributed by atoms with Crippen LogP contribution in [0.2, 0.25) is 0 Å². The number of sulfonamides is 1. The Balaban J connectivity index is 1.78. The molecule has 0 unspecified atom stereocenters. The van der Waals surface area contributed by atoms with Gasteiger partial charge in [0.05, 0.1) is 4.90 Å². The van der Waals surface area contributed by atoms with Crippen molar-refractivity contribution in [1.29, 1.82) is 0 Å². The number of carbonyl (C=O) groups is 1. The molecule has 0 aliphatic carbocycles. The highest BCUT2D eigenvalue weighted by atomic mass is 32.2. The van der Waals surface area contributed by atoms with Crippen LogP contribution in [0.15, 0.2) is 51.8 Å². The lowest BCUT2D eigenvalue weighted by Crippen LogP contribution is -2.30. The van der Waals surface area contributed by atoms with E-state index in [9.17, 15) is 13.2 Å². The van der Waals surface area contributed by atoms with Gasteiger partial charge in [0.15, 0.2) is 5.58 Å². The van der Waals surface area contributed by atoms with Gasteiger partial charge in [-0.05, 0) is 56.3 Å². The molecule has 0 bridgehead atoms. The lowest BCUT2D eigenvalue weighted by atomic mass is 9.97. The van der Waals surface area contributed by atoms with E-state index in [0.29, 0.717) is 28.2 Å². The molecule has 3 aromatic rings. The van der Waals surface area contributed by atoms with Crippen molar-refractivity contribution in [3.8, 4) is 0 Å². The van der Waals surface area contributed by atoms with E-state index in [2.05, 4.69) is 15.0 Å². The molecule has 1 amide bonds. The van der Waals surface area contributed by atoms with E-state index in [-0.39, 0.29) is 22.3 Å². The number of hydrogen-bond acceptors (Lipinski definition) is 5. The number of fused-ring (bicyclic) bond motifs is 1. The summed E-state index contributed by atoms with van der Waals surface area (Å²) >= 11 is 0. The molecular weight excluding hydrogens is 390 g/mol. The maximum absolute atomic E-state index is 12.5. The Morgan fingerprint density at radius 3 is 2.31 bits per heavy atom. The van der Waals surface area contributed by atoms with Gasteiger partial charge in [-0.15, -0.1) is 0 Å². The number of anilines is 1. The first-order valence-electron chi connectivity index (χ1n) is 9.30. The second kappa shape index (κ2) is 7.61. The Morgan fingerprint density at radius 2 is 1.72 bits per heavy atom. The van der Waals surface area contributed by atoms with E-state index in [1.165, 1.54) is 24.3 Å². The second-order valence-electron chi connectivity index (χ2n) is 8.21. The van der Waals surface area contributed by atoms with Crippen LogP contribution in [0.3, 0.4) is 0 Å². The molecule has 29 heavy (non-hydrogen) atoms. The molecule has 0 saturated carbocycles. The van der Waals surface area contributed by atoms with Crippen molar-refractivity contribution in [2.24, 2.45) is 0 Å². The Kier molecular flexibility index (Phi) is 5.51. The minimum Gasteiger partial charge on any atom is -0.440 e. The number of hydrogen-bond donors (Lipinski definition) is 2. The molecule has 1 heterocycles. The van der Waals surface area contributed by atoms with Crippen molar-refractivity contribution < 1.29 is 17.6 Å². The van der Waals surface area contributed by atoms with Gasteiger partial charge in [-0.3, -0.25) is 4.79 Å². The summed E-state index contributed by atoms with van der Waals surface area (Å²) in [5.41, 5.74) is 2.03. The van der Waals surface area contributed by atoms with Crippen LogP contribution in [0.25, 0.3) is 11.1 Å². The summed E-state index contributed by atoms with van der Waals surface area (Å²) in [6, 6.07) is 10.8. The van der Waals surface area contributed by atoms with Crippen molar-refractivity contribution in [2.75, 3.05) is 5.32 Å². The molecule has 2 aromatic carbocycles. The zero-order valence-electron chi connectivity index (χ0n) is 17.1. The van der Waals surface area contributed by atoms with Gasteiger partial charge < -0.3 is 9.73 Å². The molecule has 0 radical (unpaired) electrons. The summed E-state index contributed by atoms with van der Waals surface area (Å²) in [6.45, 7) is 9.54. The first-order chi connectivity index (χ1) is 13.5. The van der Waals surface area contributed by atoms with Gasteiger partial charge in [-0.2, -0.15) is 0 Å². The summed E-state index contributed by atoms with van der Waals surface area (Å²) in [4.78, 5) is 17.1. The van der Waals surface area contributed by atoms with Gasteiger partial charge in [0.1, 0.15) is 5.52 Å². The Morgan fingerprint density at radius 1 is 1.07 bits per heavy atom. The van der Waals surface area contributed by atoms with Crippen LogP contribution in [0, 0.1) is 0 Å². The third kappa shape index (κ3) is 4.83. The number of amides is 1. The molecule has 154 valence electrons. The van der Waals surface area contributed by atoms with Crippen molar-refractivity contribution in [3.63, 3.8) is 0 Å². The highest BCUT2D eigenvalue weighted by molar-refractivity contribution is 7.89. The third-order valence-electron chi connectivity index (χ3n) is 4.10. The van der Waals surface area contributed by atoms with E-state index < -0.39 is 10.0 Å². The zero-order valence-corrected chi connectivity index (χ0v) is 17.9. The first-order valence-corrected chi connectivity index (χ1v) is 10.8. The summed E-state index contributed by atoms with van der Waals surface area (Å²) in [7, 11) is -3.60. The Hall–Kier alpha value is -2.71. The van der Waals surface area contributed by atoms with Crippen molar-refractivity contribution in [2.45, 2.75) is 51.0 Å². The summed E-state index contributed by atoms with van der Waals surface area (Å²) in [5.74, 6) is 0.285. The Labute approximate surface area is 170 Å². The largest absolute Gasteiger partial charge is 0.440 e. The second-order valence-corrected chi connectivity index (χ2v) is 9.92. The predicted octanol–water partition coefficient (Wildman–Crippen LogP) is 4.06. The van der Waals surface area contributed by atoms with Crippen LogP contribution >= 0.6 is 0 Å². The average molecular weight is 416 g/mol. The van der Waals surface area contributed by atoms with Gasteiger partial charge in [0.2, 0.25) is 15.9 Å². The summed E-state index contributed by atoms with van der Waals surface area (Å²) < 4.78 is 32.6. The van der Waals surface area contributed by atoms with Gasteiger partial charge >= 0.3 is 0 Å². The van der Waals surface area contributed by atoms with Crippen molar-refractivity contribution in [1.82, 2.24) is 9.71 Å². The molecule has 7 nitrogen and oxygen atoms in total. The van der Waals surface area contributed by atoms with Crippen LogP contribution in [-0.2, 0) is 15.4 Å². The monoisotopic (exact) mass is 415 g/mol. The molecule has 2 N–H and O–H groups in total. The van der Waals surface area contributed by atoms with Gasteiger partial charge in [-0.25, -0.2) is 18.1 Å². The third-order valence-corrected chi connectivity index (χ3v) is 5.78. The molecule has 0 fully saturated rings. The van der Waals surface area contributed by atoms with E-state index in [1.807, 2.05) is 20.8 Å². The SMILES string of the molecule is CC(C)NS(=O)(=O)c1ccc(C(=O)Nc2ccc3oc(C(C)(C)C)nc3c2)cc1. The van der Waals surface area contributed by atoms with Crippen LogP contribution in [0.5, 0.6) is 0 Å². The van der Waals surface area contributed by atoms with Crippen molar-refractivity contribution >= 4 is 32.7 Å². The molecule has 0 aliphatic heterocycles. The zero-order chi connectivity index (χ0) is 21.4. The summed E-state index contributed by atoms with van der Waals surface area (Å²) in [5, 5.41) is 2.80. The number of oxazole rings is 1. The minimum atomic E-state index is -3.60. The van der Waals surface area contributed by atoms with E-state index >= 15 is 0 Å². The molecule has 3 rings (SSSR count). The highest BCUT2D eigenvalue weighted by Crippen LogP contribution is 2.27. The van der Waals surface area contributed by atoms with E-state index in [1.54, 1.807) is 32.0 Å². The molecule has 8 heteroatoms. The number of rotatable bonds is 5. The van der Waals surface area contributed by atoms with E-state index in [4.69, 9.17) is 4.42 Å². The van der Waals surface area contributed by atoms with Crippen LogP contribution in [0.4, 0.5) is 5.69 Å². The molecule has 0 saturated heterocycles. The average Bonchev–Trinajstić information content (AvgIpc) is 3.04. The molecule has 0 atom stereocenters. The Bertz CT molecular complexity index is 1140.